The van der Waals surface area contributed by atoms with Crippen LogP contribution in [0, 0.1) is 0 Å². The first-order valence-electron chi connectivity index (χ1n) is 8.34. The Morgan fingerprint density at radius 3 is 2.52 bits per heavy atom. The van der Waals surface area contributed by atoms with Crippen molar-refractivity contribution < 1.29 is 9.84 Å². The molecule has 3 nitrogen and oxygen atoms in total. The number of aliphatic hydroxyl groups excluding tert-OH is 1. The summed E-state index contributed by atoms with van der Waals surface area (Å²) in [5.41, 5.74) is 0.631. The molecule has 0 radical (unpaired) electrons. The Kier molecular flexibility index (Phi) is 6.68. The predicted molar refractivity (Wildman–Crippen MR) is 86.3 cm³/mol. The fourth-order valence-corrected chi connectivity index (χ4v) is 3.04. The van der Waals surface area contributed by atoms with Crippen LogP contribution in [0.3, 0.4) is 0 Å². The fraction of sp³-hybridized carbons (Fsp3) is 0.667. The lowest BCUT2D eigenvalue weighted by Gasteiger charge is -2.35. The van der Waals surface area contributed by atoms with E-state index in [9.17, 15) is 5.11 Å². The first-order valence-corrected chi connectivity index (χ1v) is 8.34. The number of rotatable bonds is 8. The van der Waals surface area contributed by atoms with E-state index in [-0.39, 0.29) is 6.61 Å². The maximum Gasteiger partial charge on any atom is 0.0906 e. The van der Waals surface area contributed by atoms with Crippen LogP contribution in [0.15, 0.2) is 30.3 Å². The van der Waals surface area contributed by atoms with Gasteiger partial charge in [0.15, 0.2) is 0 Å². The van der Waals surface area contributed by atoms with E-state index in [1.54, 1.807) is 0 Å². The van der Waals surface area contributed by atoms with E-state index in [0.29, 0.717) is 12.7 Å². The van der Waals surface area contributed by atoms with Crippen molar-refractivity contribution in [1.82, 2.24) is 5.32 Å². The van der Waals surface area contributed by atoms with Gasteiger partial charge in [0, 0.05) is 0 Å². The molecule has 2 N–H and O–H groups in total. The largest absolute Gasteiger partial charge is 0.394 e. The summed E-state index contributed by atoms with van der Waals surface area (Å²) in [5.74, 6) is 0. The highest BCUT2D eigenvalue weighted by atomic mass is 16.5. The topological polar surface area (TPSA) is 41.5 Å². The second kappa shape index (κ2) is 8.52. The molecule has 1 aromatic rings. The highest BCUT2D eigenvalue weighted by molar-refractivity contribution is 5.25. The molecule has 0 saturated heterocycles. The molecule has 0 spiro atoms. The Hall–Kier alpha value is -0.900. The molecule has 0 aromatic heterocycles. The summed E-state index contributed by atoms with van der Waals surface area (Å²) in [4.78, 5) is 0. The minimum Gasteiger partial charge on any atom is -0.394 e. The van der Waals surface area contributed by atoms with Crippen molar-refractivity contribution in [2.24, 2.45) is 0 Å². The summed E-state index contributed by atoms with van der Waals surface area (Å²) in [5, 5.41) is 13.6. The van der Waals surface area contributed by atoms with Crippen LogP contribution >= 0.6 is 0 Å². The van der Waals surface area contributed by atoms with Crippen LogP contribution in [-0.2, 0) is 10.3 Å². The summed E-state index contributed by atoms with van der Waals surface area (Å²) in [6.07, 6.45) is 7.58. The van der Waals surface area contributed by atoms with E-state index in [0.717, 1.165) is 31.4 Å². The normalized spacial score (nSPS) is 19.3. The van der Waals surface area contributed by atoms with Crippen molar-refractivity contribution in [2.75, 3.05) is 19.8 Å². The van der Waals surface area contributed by atoms with Crippen LogP contribution in [0.4, 0.5) is 0 Å². The molecular weight excluding hydrogens is 262 g/mol. The van der Waals surface area contributed by atoms with E-state index in [1.807, 2.05) is 18.2 Å². The molecule has 1 saturated carbocycles. The third kappa shape index (κ3) is 4.53. The van der Waals surface area contributed by atoms with Crippen LogP contribution in [-0.4, -0.2) is 31.0 Å². The number of aliphatic hydroxyl groups is 1. The minimum atomic E-state index is -0.477. The maximum absolute atomic E-state index is 10.0. The molecule has 1 aliphatic rings. The standard InChI is InChI=1S/C18H29NO2/c1-2-13-19-18(14-20,16-9-5-3-6-10-16)15-21-17-11-7-4-8-12-17/h3,5-6,9-10,17,19-20H,2,4,7-8,11-15H2,1H3. The van der Waals surface area contributed by atoms with Gasteiger partial charge in [0.1, 0.15) is 0 Å². The van der Waals surface area contributed by atoms with Gasteiger partial charge >= 0.3 is 0 Å². The molecule has 1 aromatic carbocycles. The molecule has 2 rings (SSSR count). The molecule has 1 aliphatic carbocycles. The summed E-state index contributed by atoms with van der Waals surface area (Å²) in [6, 6.07) is 10.2. The first-order chi connectivity index (χ1) is 10.3. The van der Waals surface area contributed by atoms with Gasteiger partial charge in [-0.05, 0) is 31.4 Å². The number of hydrogen-bond donors (Lipinski definition) is 2. The summed E-state index contributed by atoms with van der Waals surface area (Å²) < 4.78 is 6.17. The van der Waals surface area contributed by atoms with Crippen molar-refractivity contribution in [1.29, 1.82) is 0 Å². The Balaban J connectivity index is 2.06. The molecule has 0 bridgehead atoms. The van der Waals surface area contributed by atoms with Crippen molar-refractivity contribution in [2.45, 2.75) is 57.1 Å². The van der Waals surface area contributed by atoms with Crippen LogP contribution in [0.5, 0.6) is 0 Å². The Morgan fingerprint density at radius 2 is 1.90 bits per heavy atom. The minimum absolute atomic E-state index is 0.0593. The van der Waals surface area contributed by atoms with Gasteiger partial charge in [-0.3, -0.25) is 0 Å². The summed E-state index contributed by atoms with van der Waals surface area (Å²) >= 11 is 0. The predicted octanol–water partition coefficient (Wildman–Crippen LogP) is 3.22. The van der Waals surface area contributed by atoms with Crippen LogP contribution in [0.1, 0.15) is 51.0 Å². The van der Waals surface area contributed by atoms with E-state index >= 15 is 0 Å². The molecule has 21 heavy (non-hydrogen) atoms. The first kappa shape index (κ1) is 16.5. The Labute approximate surface area is 128 Å². The molecule has 1 atom stereocenters. The number of benzene rings is 1. The van der Waals surface area contributed by atoms with E-state index in [1.165, 1.54) is 19.3 Å². The van der Waals surface area contributed by atoms with Gasteiger partial charge in [0.05, 0.1) is 24.9 Å². The fourth-order valence-electron chi connectivity index (χ4n) is 3.04. The van der Waals surface area contributed by atoms with Crippen molar-refractivity contribution in [3.63, 3.8) is 0 Å². The quantitative estimate of drug-likeness (QED) is 0.772. The summed E-state index contributed by atoms with van der Waals surface area (Å²) in [7, 11) is 0. The van der Waals surface area contributed by atoms with Gasteiger partial charge in [0.25, 0.3) is 0 Å². The monoisotopic (exact) mass is 291 g/mol. The zero-order valence-electron chi connectivity index (χ0n) is 13.2. The highest BCUT2D eigenvalue weighted by Gasteiger charge is 2.32. The average molecular weight is 291 g/mol. The molecule has 3 heteroatoms. The SMILES string of the molecule is CCCNC(CO)(COC1CCCCC1)c1ccccc1. The molecule has 1 fully saturated rings. The van der Waals surface area contributed by atoms with Gasteiger partial charge in [-0.2, -0.15) is 0 Å². The van der Waals surface area contributed by atoms with Crippen molar-refractivity contribution >= 4 is 0 Å². The van der Waals surface area contributed by atoms with Crippen LogP contribution < -0.4 is 5.32 Å². The maximum atomic E-state index is 10.0. The highest BCUT2D eigenvalue weighted by Crippen LogP contribution is 2.26. The molecule has 0 heterocycles. The molecule has 1 unspecified atom stereocenters. The zero-order valence-corrected chi connectivity index (χ0v) is 13.2. The number of nitrogens with one attached hydrogen (secondary N) is 1. The third-order valence-electron chi connectivity index (χ3n) is 4.43. The second-order valence-electron chi connectivity index (χ2n) is 6.10. The van der Waals surface area contributed by atoms with Crippen LogP contribution in [0.2, 0.25) is 0 Å². The van der Waals surface area contributed by atoms with Crippen molar-refractivity contribution in [3.8, 4) is 0 Å². The lowest BCUT2D eigenvalue weighted by Crippen LogP contribution is -2.50. The Bertz CT molecular complexity index is 389. The van der Waals surface area contributed by atoms with E-state index in [2.05, 4.69) is 24.4 Å². The van der Waals surface area contributed by atoms with Gasteiger partial charge in [0.2, 0.25) is 0 Å². The lowest BCUT2D eigenvalue weighted by molar-refractivity contribution is -0.0262. The molecule has 0 amide bonds. The Morgan fingerprint density at radius 1 is 1.19 bits per heavy atom. The van der Waals surface area contributed by atoms with Gasteiger partial charge in [-0.15, -0.1) is 0 Å². The van der Waals surface area contributed by atoms with Crippen LogP contribution in [0.25, 0.3) is 0 Å². The van der Waals surface area contributed by atoms with Gasteiger partial charge in [-0.25, -0.2) is 0 Å². The van der Waals surface area contributed by atoms with Gasteiger partial charge in [-0.1, -0.05) is 56.5 Å². The average Bonchev–Trinajstić information content (AvgIpc) is 2.57. The number of hydrogen-bond acceptors (Lipinski definition) is 3. The second-order valence-corrected chi connectivity index (χ2v) is 6.10. The van der Waals surface area contributed by atoms with E-state index < -0.39 is 5.54 Å². The number of ether oxygens (including phenoxy) is 1. The van der Waals surface area contributed by atoms with Gasteiger partial charge < -0.3 is 15.2 Å². The zero-order chi connectivity index (χ0) is 15.0. The van der Waals surface area contributed by atoms with Crippen molar-refractivity contribution in [3.05, 3.63) is 35.9 Å². The molecule has 118 valence electrons. The smallest absolute Gasteiger partial charge is 0.0906 e. The molecule has 0 aliphatic heterocycles. The summed E-state index contributed by atoms with van der Waals surface area (Å²) in [6.45, 7) is 3.62. The van der Waals surface area contributed by atoms with E-state index in [4.69, 9.17) is 4.74 Å². The lowest BCUT2D eigenvalue weighted by atomic mass is 9.90. The third-order valence-corrected chi connectivity index (χ3v) is 4.43. The molecular formula is C18H29NO2.